The fourth-order valence-corrected chi connectivity index (χ4v) is 5.62. The highest BCUT2D eigenvalue weighted by molar-refractivity contribution is 7.89. The van der Waals surface area contributed by atoms with Crippen molar-refractivity contribution in [2.45, 2.75) is 24.3 Å². The van der Waals surface area contributed by atoms with E-state index in [1.165, 1.54) is 29.4 Å². The third-order valence-electron chi connectivity index (χ3n) is 5.86. The van der Waals surface area contributed by atoms with Crippen LogP contribution >= 0.6 is 0 Å². The van der Waals surface area contributed by atoms with Crippen LogP contribution in [0.25, 0.3) is 6.08 Å². The zero-order valence-corrected chi connectivity index (χ0v) is 18.5. The third-order valence-corrected chi connectivity index (χ3v) is 7.76. The maximum absolute atomic E-state index is 13.5. The van der Waals surface area contributed by atoms with E-state index in [2.05, 4.69) is 0 Å². The van der Waals surface area contributed by atoms with Gasteiger partial charge in [0.25, 0.3) is 0 Å². The second kappa shape index (κ2) is 8.84. The Morgan fingerprint density at radius 3 is 2.44 bits per heavy atom. The molecule has 0 aliphatic carbocycles. The summed E-state index contributed by atoms with van der Waals surface area (Å²) in [6, 6.07) is 12.1. The highest BCUT2D eigenvalue weighted by Crippen LogP contribution is 2.33. The van der Waals surface area contributed by atoms with Gasteiger partial charge in [0.1, 0.15) is 5.82 Å². The number of piperazine rings is 1. The van der Waals surface area contributed by atoms with Crippen molar-refractivity contribution in [2.24, 2.45) is 0 Å². The van der Waals surface area contributed by atoms with Crippen molar-refractivity contribution in [1.29, 1.82) is 0 Å². The lowest BCUT2D eigenvalue weighted by molar-refractivity contribution is -0.135. The number of benzene rings is 2. The Bertz CT molecular complexity index is 1170. The summed E-state index contributed by atoms with van der Waals surface area (Å²) < 4.78 is 40.3. The smallest absolute Gasteiger partial charge is 0.243 e. The zero-order chi connectivity index (χ0) is 22.9. The number of amides is 2. The summed E-state index contributed by atoms with van der Waals surface area (Å²) in [6.07, 6.45) is 3.66. The van der Waals surface area contributed by atoms with Crippen LogP contribution in [0.2, 0.25) is 0 Å². The Morgan fingerprint density at radius 2 is 1.75 bits per heavy atom. The van der Waals surface area contributed by atoms with Crippen LogP contribution in [0.4, 0.5) is 4.39 Å². The van der Waals surface area contributed by atoms with Gasteiger partial charge in [0, 0.05) is 39.3 Å². The van der Waals surface area contributed by atoms with Crippen molar-refractivity contribution < 1.29 is 22.4 Å². The normalized spacial score (nSPS) is 19.0. The summed E-state index contributed by atoms with van der Waals surface area (Å²) in [4.78, 5) is 28.3. The van der Waals surface area contributed by atoms with E-state index in [1.807, 2.05) is 30.3 Å². The fraction of sp³-hybridized carbons (Fsp3) is 0.304. The van der Waals surface area contributed by atoms with E-state index in [4.69, 9.17) is 0 Å². The van der Waals surface area contributed by atoms with Gasteiger partial charge < -0.3 is 9.80 Å². The molecule has 0 N–H and O–H groups in total. The minimum absolute atomic E-state index is 0.0972. The van der Waals surface area contributed by atoms with Crippen molar-refractivity contribution in [1.82, 2.24) is 14.1 Å². The number of hydrogen-bond acceptors (Lipinski definition) is 4. The van der Waals surface area contributed by atoms with Crippen LogP contribution in [0.3, 0.4) is 0 Å². The second-order valence-electron chi connectivity index (χ2n) is 7.83. The molecule has 0 radical (unpaired) electrons. The van der Waals surface area contributed by atoms with E-state index in [-0.39, 0.29) is 49.3 Å². The quantitative estimate of drug-likeness (QED) is 0.707. The van der Waals surface area contributed by atoms with Crippen molar-refractivity contribution in [3.8, 4) is 0 Å². The zero-order valence-electron chi connectivity index (χ0n) is 17.6. The number of carbonyl (C=O) groups excluding carboxylic acids is 2. The van der Waals surface area contributed by atoms with Gasteiger partial charge in [-0.15, -0.1) is 0 Å². The van der Waals surface area contributed by atoms with E-state index in [0.717, 1.165) is 17.2 Å². The van der Waals surface area contributed by atoms with Crippen LogP contribution in [-0.4, -0.2) is 60.5 Å². The molecule has 0 bridgehead atoms. The summed E-state index contributed by atoms with van der Waals surface area (Å²) in [5.74, 6) is -0.912. The van der Waals surface area contributed by atoms with Crippen molar-refractivity contribution in [3.05, 3.63) is 71.7 Å². The molecule has 2 heterocycles. The molecule has 0 saturated carbocycles. The number of carbonyl (C=O) groups is 2. The highest BCUT2D eigenvalue weighted by atomic mass is 32.2. The third kappa shape index (κ3) is 4.31. The average Bonchev–Trinajstić information content (AvgIpc) is 2.79. The van der Waals surface area contributed by atoms with E-state index >= 15 is 0 Å². The summed E-state index contributed by atoms with van der Waals surface area (Å²) in [5.41, 5.74) is 1.87. The number of rotatable bonds is 4. The average molecular weight is 458 g/mol. The molecular formula is C23H24FN3O4S. The van der Waals surface area contributed by atoms with Gasteiger partial charge in [-0.05, 0) is 35.4 Å². The van der Waals surface area contributed by atoms with Gasteiger partial charge in [-0.3, -0.25) is 9.59 Å². The molecule has 2 aliphatic rings. The number of nitrogens with zero attached hydrogens (tertiary/aromatic N) is 3. The second-order valence-corrected chi connectivity index (χ2v) is 9.77. The molecule has 7 nitrogen and oxygen atoms in total. The minimum atomic E-state index is -3.83. The predicted molar refractivity (Wildman–Crippen MR) is 117 cm³/mol. The van der Waals surface area contributed by atoms with Crippen LogP contribution in [0.5, 0.6) is 0 Å². The van der Waals surface area contributed by atoms with Crippen LogP contribution in [0, 0.1) is 5.82 Å². The number of hydrogen-bond donors (Lipinski definition) is 0. The standard InChI is InChI=1S/C23H24FN3O4S/c1-17(28)27-10-9-18-5-2-3-8-21(18)22(27)16-23(29)25-11-13-26(14-12-25)32(30,31)20-7-4-6-19(24)15-20/h2-10,15,22H,11-14,16H2,1H3/t22-/m0/s1. The Hall–Kier alpha value is -3.04. The molecule has 0 aromatic heterocycles. The SMILES string of the molecule is CC(=O)N1C=Cc2ccccc2[C@@H]1CC(=O)N1CCN(S(=O)(=O)c2cccc(F)c2)CC1. The maximum atomic E-state index is 13.5. The van der Waals surface area contributed by atoms with Gasteiger partial charge >= 0.3 is 0 Å². The van der Waals surface area contributed by atoms with Gasteiger partial charge in [-0.1, -0.05) is 30.3 Å². The van der Waals surface area contributed by atoms with E-state index in [9.17, 15) is 22.4 Å². The lowest BCUT2D eigenvalue weighted by atomic mass is 9.93. The summed E-state index contributed by atoms with van der Waals surface area (Å²) in [7, 11) is -3.83. The molecule has 2 aromatic rings. The Labute approximate surface area is 186 Å². The van der Waals surface area contributed by atoms with Gasteiger partial charge in [-0.25, -0.2) is 12.8 Å². The van der Waals surface area contributed by atoms with Crippen LogP contribution in [0.1, 0.15) is 30.5 Å². The van der Waals surface area contributed by atoms with Gasteiger partial charge in [-0.2, -0.15) is 4.31 Å². The number of halogens is 1. The Balaban J connectivity index is 1.44. The molecule has 1 saturated heterocycles. The minimum Gasteiger partial charge on any atom is -0.340 e. The first-order chi connectivity index (χ1) is 15.3. The monoisotopic (exact) mass is 457 g/mol. The first-order valence-electron chi connectivity index (χ1n) is 10.4. The first kappa shape index (κ1) is 22.2. The largest absolute Gasteiger partial charge is 0.340 e. The molecule has 0 unspecified atom stereocenters. The van der Waals surface area contributed by atoms with Crippen LogP contribution in [-0.2, 0) is 19.6 Å². The fourth-order valence-electron chi connectivity index (χ4n) is 4.16. The molecule has 1 fully saturated rings. The summed E-state index contributed by atoms with van der Waals surface area (Å²) in [6.45, 7) is 2.19. The lowest BCUT2D eigenvalue weighted by Gasteiger charge is -2.37. The molecule has 2 amide bonds. The van der Waals surface area contributed by atoms with E-state index in [0.29, 0.717) is 0 Å². The molecule has 2 aliphatic heterocycles. The molecule has 0 spiro atoms. The highest BCUT2D eigenvalue weighted by Gasteiger charge is 2.33. The lowest BCUT2D eigenvalue weighted by Crippen LogP contribution is -2.51. The number of sulfonamides is 1. The first-order valence-corrected chi connectivity index (χ1v) is 11.8. The summed E-state index contributed by atoms with van der Waals surface area (Å²) >= 11 is 0. The molecule has 2 aromatic carbocycles. The van der Waals surface area contributed by atoms with Gasteiger partial charge in [0.2, 0.25) is 21.8 Å². The van der Waals surface area contributed by atoms with Crippen molar-refractivity contribution >= 4 is 27.9 Å². The topological polar surface area (TPSA) is 78.0 Å². The molecule has 9 heteroatoms. The number of fused-ring (bicyclic) bond motifs is 1. The van der Waals surface area contributed by atoms with E-state index < -0.39 is 21.9 Å². The van der Waals surface area contributed by atoms with Gasteiger partial charge in [0.05, 0.1) is 17.4 Å². The van der Waals surface area contributed by atoms with Crippen molar-refractivity contribution in [2.75, 3.05) is 26.2 Å². The molecule has 1 atom stereocenters. The predicted octanol–water partition coefficient (Wildman–Crippen LogP) is 2.62. The van der Waals surface area contributed by atoms with Crippen LogP contribution in [0.15, 0.2) is 59.6 Å². The van der Waals surface area contributed by atoms with Gasteiger partial charge in [0.15, 0.2) is 0 Å². The van der Waals surface area contributed by atoms with Crippen LogP contribution < -0.4 is 0 Å². The summed E-state index contributed by atoms with van der Waals surface area (Å²) in [5, 5.41) is 0. The molecule has 32 heavy (non-hydrogen) atoms. The molecule has 168 valence electrons. The Kier molecular flexibility index (Phi) is 6.12. The Morgan fingerprint density at radius 1 is 1.03 bits per heavy atom. The molecule has 4 rings (SSSR count). The van der Waals surface area contributed by atoms with E-state index in [1.54, 1.807) is 16.0 Å². The maximum Gasteiger partial charge on any atom is 0.243 e. The van der Waals surface area contributed by atoms with Crippen molar-refractivity contribution in [3.63, 3.8) is 0 Å². The molecular weight excluding hydrogens is 433 g/mol.